The number of benzene rings is 2. The van der Waals surface area contributed by atoms with Crippen LogP contribution >= 0.6 is 11.6 Å². The van der Waals surface area contributed by atoms with Crippen LogP contribution in [0.5, 0.6) is 0 Å². The second-order valence-electron chi connectivity index (χ2n) is 8.45. The molecule has 2 aliphatic rings. The minimum absolute atomic E-state index is 0.0776. The van der Waals surface area contributed by atoms with E-state index in [1.807, 2.05) is 55.1 Å². The maximum absolute atomic E-state index is 13.6. The average molecular weight is 439 g/mol. The summed E-state index contributed by atoms with van der Waals surface area (Å²) in [6, 6.07) is 13.1. The second kappa shape index (κ2) is 8.85. The number of hydrogen-bond acceptors (Lipinski definition) is 4. The summed E-state index contributed by atoms with van der Waals surface area (Å²) < 4.78 is 0. The minimum atomic E-state index is -0.297. The monoisotopic (exact) mass is 438 g/mol. The number of carbonyl (C=O) groups excluding carboxylic acids is 2. The first-order valence-electron chi connectivity index (χ1n) is 10.7. The van der Waals surface area contributed by atoms with Gasteiger partial charge >= 0.3 is 0 Å². The Labute approximate surface area is 187 Å². The Morgan fingerprint density at radius 3 is 2.55 bits per heavy atom. The van der Waals surface area contributed by atoms with Crippen LogP contribution in [0.1, 0.15) is 35.1 Å². The van der Waals surface area contributed by atoms with Gasteiger partial charge in [-0.3, -0.25) is 14.5 Å². The van der Waals surface area contributed by atoms with Crippen LogP contribution in [0.2, 0.25) is 5.02 Å². The number of likely N-dealkylation sites (tertiary alicyclic amines) is 1. The predicted octanol–water partition coefficient (Wildman–Crippen LogP) is 3.94. The third-order valence-corrected chi connectivity index (χ3v) is 6.69. The number of hydrogen-bond donors (Lipinski definition) is 1. The molecule has 5 nitrogen and oxygen atoms in total. The van der Waals surface area contributed by atoms with Crippen molar-refractivity contribution >= 4 is 29.0 Å². The number of amides is 2. The Morgan fingerprint density at radius 2 is 1.84 bits per heavy atom. The lowest BCUT2D eigenvalue weighted by Gasteiger charge is -2.34. The molecule has 0 aliphatic carbocycles. The van der Waals surface area contributed by atoms with E-state index < -0.39 is 0 Å². The van der Waals surface area contributed by atoms with Gasteiger partial charge in [0.2, 0.25) is 0 Å². The summed E-state index contributed by atoms with van der Waals surface area (Å²) >= 11 is 6.31. The number of imide groups is 1. The summed E-state index contributed by atoms with van der Waals surface area (Å²) in [4.78, 5) is 30.4. The number of carbonyl (C=O) groups is 2. The van der Waals surface area contributed by atoms with Crippen LogP contribution in [-0.4, -0.2) is 46.4 Å². The Balaban J connectivity index is 1.77. The van der Waals surface area contributed by atoms with Crippen molar-refractivity contribution < 1.29 is 14.7 Å². The van der Waals surface area contributed by atoms with E-state index in [1.54, 1.807) is 6.07 Å². The van der Waals surface area contributed by atoms with Gasteiger partial charge in [0.1, 0.15) is 5.70 Å². The summed E-state index contributed by atoms with van der Waals surface area (Å²) in [6.45, 7) is 5.50. The SMILES string of the molecule is Cc1ccc(C2=C(N3CCCC(CO)C3)C(=O)N(Cc3ccccc3Cl)C2=O)cc1C. The standard InChI is InChI=1S/C25H27ClN2O3/c1-16-9-10-19(12-17(16)2)22-23(27-11-5-6-18(13-27)15-29)25(31)28(24(22)30)14-20-7-3-4-8-21(20)26/h3-4,7-10,12,18,29H,5-6,11,13-15H2,1-2H3. The molecule has 0 aromatic heterocycles. The van der Waals surface area contributed by atoms with Gasteiger partial charge < -0.3 is 10.0 Å². The van der Waals surface area contributed by atoms with Crippen molar-refractivity contribution in [2.45, 2.75) is 33.2 Å². The Hall–Kier alpha value is -2.63. The van der Waals surface area contributed by atoms with Gasteiger partial charge in [0.05, 0.1) is 12.1 Å². The summed E-state index contributed by atoms with van der Waals surface area (Å²) in [5.41, 5.74) is 4.58. The van der Waals surface area contributed by atoms with Crippen LogP contribution in [0.3, 0.4) is 0 Å². The van der Waals surface area contributed by atoms with Crippen molar-refractivity contribution in [3.8, 4) is 0 Å². The zero-order valence-corrected chi connectivity index (χ0v) is 18.7. The molecule has 0 spiro atoms. The van der Waals surface area contributed by atoms with Gasteiger partial charge in [-0.25, -0.2) is 0 Å². The van der Waals surface area contributed by atoms with Crippen molar-refractivity contribution in [3.63, 3.8) is 0 Å². The molecular formula is C25H27ClN2O3. The van der Waals surface area contributed by atoms with Gasteiger partial charge in [-0.05, 0) is 60.9 Å². The smallest absolute Gasteiger partial charge is 0.278 e. The molecule has 2 aromatic rings. The van der Waals surface area contributed by atoms with Crippen LogP contribution in [0.4, 0.5) is 0 Å². The molecule has 4 rings (SSSR count). The third-order valence-electron chi connectivity index (χ3n) is 6.32. The maximum atomic E-state index is 13.6. The van der Waals surface area contributed by atoms with E-state index in [4.69, 9.17) is 11.6 Å². The fourth-order valence-electron chi connectivity index (χ4n) is 4.37. The highest BCUT2D eigenvalue weighted by molar-refractivity contribution is 6.35. The number of aliphatic hydroxyl groups is 1. The van der Waals surface area contributed by atoms with Crippen LogP contribution in [0.25, 0.3) is 5.57 Å². The average Bonchev–Trinajstić information content (AvgIpc) is 3.02. The molecule has 1 atom stereocenters. The number of aryl methyl sites for hydroxylation is 2. The molecule has 0 saturated carbocycles. The van der Waals surface area contributed by atoms with E-state index >= 15 is 0 Å². The van der Waals surface area contributed by atoms with Crippen LogP contribution < -0.4 is 0 Å². The van der Waals surface area contributed by atoms with Gasteiger partial charge in [-0.1, -0.05) is 48.0 Å². The van der Waals surface area contributed by atoms with Crippen molar-refractivity contribution in [1.29, 1.82) is 0 Å². The third kappa shape index (κ3) is 4.12. The highest BCUT2D eigenvalue weighted by atomic mass is 35.5. The zero-order chi connectivity index (χ0) is 22.1. The highest BCUT2D eigenvalue weighted by Gasteiger charge is 2.42. The van der Waals surface area contributed by atoms with Crippen LogP contribution in [-0.2, 0) is 16.1 Å². The van der Waals surface area contributed by atoms with Crippen molar-refractivity contribution in [1.82, 2.24) is 9.80 Å². The molecule has 1 saturated heterocycles. The summed E-state index contributed by atoms with van der Waals surface area (Å²) in [5, 5.41) is 10.2. The molecule has 1 unspecified atom stereocenters. The van der Waals surface area contributed by atoms with Crippen molar-refractivity contribution in [2.75, 3.05) is 19.7 Å². The lowest BCUT2D eigenvalue weighted by Crippen LogP contribution is -2.40. The van der Waals surface area contributed by atoms with E-state index in [9.17, 15) is 14.7 Å². The molecule has 162 valence electrons. The van der Waals surface area contributed by atoms with E-state index in [-0.39, 0.29) is 30.9 Å². The summed E-state index contributed by atoms with van der Waals surface area (Å²) in [5.74, 6) is -0.492. The lowest BCUT2D eigenvalue weighted by atomic mass is 9.96. The van der Waals surface area contributed by atoms with E-state index in [2.05, 4.69) is 0 Å². The first-order valence-corrected chi connectivity index (χ1v) is 11.1. The minimum Gasteiger partial charge on any atom is -0.396 e. The molecule has 31 heavy (non-hydrogen) atoms. The van der Waals surface area contributed by atoms with Gasteiger partial charge in [0.15, 0.2) is 0 Å². The maximum Gasteiger partial charge on any atom is 0.278 e. The number of rotatable bonds is 5. The Kier molecular flexibility index (Phi) is 6.17. The number of nitrogens with zero attached hydrogens (tertiary/aromatic N) is 2. The lowest BCUT2D eigenvalue weighted by molar-refractivity contribution is -0.138. The van der Waals surface area contributed by atoms with Crippen molar-refractivity contribution in [3.05, 3.63) is 75.4 Å². The van der Waals surface area contributed by atoms with Crippen LogP contribution in [0.15, 0.2) is 48.2 Å². The molecule has 6 heteroatoms. The quantitative estimate of drug-likeness (QED) is 0.718. The molecule has 0 bridgehead atoms. The zero-order valence-electron chi connectivity index (χ0n) is 17.9. The number of aliphatic hydroxyl groups excluding tert-OH is 1. The topological polar surface area (TPSA) is 60.9 Å². The molecule has 0 radical (unpaired) electrons. The summed E-state index contributed by atoms with van der Waals surface area (Å²) in [7, 11) is 0. The second-order valence-corrected chi connectivity index (χ2v) is 8.85. The molecule has 2 aliphatic heterocycles. The van der Waals surface area contributed by atoms with Gasteiger partial charge in [0, 0.05) is 24.7 Å². The molecule has 1 fully saturated rings. The van der Waals surface area contributed by atoms with Gasteiger partial charge in [0.25, 0.3) is 11.8 Å². The number of halogens is 1. The fourth-order valence-corrected chi connectivity index (χ4v) is 4.57. The summed E-state index contributed by atoms with van der Waals surface area (Å²) in [6.07, 6.45) is 1.80. The molecule has 2 amide bonds. The first-order chi connectivity index (χ1) is 14.9. The largest absolute Gasteiger partial charge is 0.396 e. The van der Waals surface area contributed by atoms with Gasteiger partial charge in [-0.2, -0.15) is 0 Å². The first kappa shape index (κ1) is 21.6. The predicted molar refractivity (Wildman–Crippen MR) is 121 cm³/mol. The van der Waals surface area contributed by atoms with Crippen molar-refractivity contribution in [2.24, 2.45) is 5.92 Å². The van der Waals surface area contributed by atoms with Gasteiger partial charge in [-0.15, -0.1) is 0 Å². The molecule has 1 N–H and O–H groups in total. The Morgan fingerprint density at radius 1 is 1.06 bits per heavy atom. The van der Waals surface area contributed by atoms with E-state index in [1.165, 1.54) is 4.90 Å². The van der Waals surface area contributed by atoms with E-state index in [0.29, 0.717) is 29.4 Å². The van der Waals surface area contributed by atoms with E-state index in [0.717, 1.165) is 35.1 Å². The normalized spacial score (nSPS) is 19.5. The van der Waals surface area contributed by atoms with Crippen LogP contribution in [0, 0.1) is 19.8 Å². The number of piperidine rings is 1. The fraction of sp³-hybridized carbons (Fsp3) is 0.360. The molecule has 2 heterocycles. The Bertz CT molecular complexity index is 1060. The molecular weight excluding hydrogens is 412 g/mol. The highest BCUT2D eigenvalue weighted by Crippen LogP contribution is 2.35. The molecule has 2 aromatic carbocycles.